The molecule has 7 nitrogen and oxygen atoms in total. The minimum Gasteiger partial charge on any atom is -0.460 e. The number of nitrogens with zero attached hydrogens (tertiary/aromatic N) is 4. The highest BCUT2D eigenvalue weighted by Gasteiger charge is 2.26. The molecular formula is C13H24N6O. The van der Waals surface area contributed by atoms with Crippen molar-refractivity contribution >= 4 is 11.9 Å². The Hall–Kier alpha value is -1.63. The summed E-state index contributed by atoms with van der Waals surface area (Å²) in [7, 11) is 3.73. The fourth-order valence-electron chi connectivity index (χ4n) is 2.78. The molecule has 2 rings (SSSR count). The summed E-state index contributed by atoms with van der Waals surface area (Å²) in [5.74, 6) is 7.58. The van der Waals surface area contributed by atoms with Crippen LogP contribution in [0.5, 0.6) is 6.01 Å². The van der Waals surface area contributed by atoms with Gasteiger partial charge in [0.05, 0.1) is 0 Å². The van der Waals surface area contributed by atoms with Crippen LogP contribution >= 0.6 is 0 Å². The minimum absolute atomic E-state index is 0.164. The smallest absolute Gasteiger partial charge is 0.323 e. The van der Waals surface area contributed by atoms with Gasteiger partial charge in [-0.25, -0.2) is 5.84 Å². The summed E-state index contributed by atoms with van der Waals surface area (Å²) in [6.45, 7) is 4.52. The number of rotatable bonds is 4. The van der Waals surface area contributed by atoms with Crippen LogP contribution in [0.15, 0.2) is 0 Å². The zero-order valence-electron chi connectivity index (χ0n) is 12.6. The summed E-state index contributed by atoms with van der Waals surface area (Å²) in [5, 5.41) is 0. The monoisotopic (exact) mass is 280 g/mol. The molecule has 20 heavy (non-hydrogen) atoms. The van der Waals surface area contributed by atoms with E-state index < -0.39 is 0 Å². The molecule has 1 aliphatic carbocycles. The van der Waals surface area contributed by atoms with Gasteiger partial charge in [0.2, 0.25) is 11.9 Å². The molecule has 1 saturated carbocycles. The predicted octanol–water partition coefficient (Wildman–Crippen LogP) is 1.43. The van der Waals surface area contributed by atoms with E-state index in [2.05, 4.69) is 34.2 Å². The second-order valence-corrected chi connectivity index (χ2v) is 5.94. The third-order valence-electron chi connectivity index (χ3n) is 3.54. The highest BCUT2D eigenvalue weighted by atomic mass is 16.5. The van der Waals surface area contributed by atoms with E-state index in [1.54, 1.807) is 4.90 Å². The van der Waals surface area contributed by atoms with E-state index in [4.69, 9.17) is 10.6 Å². The summed E-state index contributed by atoms with van der Waals surface area (Å²) in [6.07, 6.45) is 3.50. The van der Waals surface area contributed by atoms with Crippen molar-refractivity contribution in [3.63, 3.8) is 0 Å². The van der Waals surface area contributed by atoms with Crippen LogP contribution in [-0.2, 0) is 0 Å². The molecule has 0 radical (unpaired) electrons. The molecular weight excluding hydrogens is 256 g/mol. The van der Waals surface area contributed by atoms with E-state index in [1.165, 1.54) is 6.42 Å². The quantitative estimate of drug-likeness (QED) is 0.637. The van der Waals surface area contributed by atoms with Gasteiger partial charge in [0.25, 0.3) is 0 Å². The lowest BCUT2D eigenvalue weighted by Crippen LogP contribution is -2.29. The van der Waals surface area contributed by atoms with Crippen LogP contribution in [0.2, 0.25) is 0 Å². The lowest BCUT2D eigenvalue weighted by atomic mass is 9.82. The van der Waals surface area contributed by atoms with E-state index in [0.29, 0.717) is 29.7 Å². The maximum atomic E-state index is 5.94. The molecule has 0 bridgehead atoms. The Labute approximate surface area is 119 Å². The van der Waals surface area contributed by atoms with Crippen molar-refractivity contribution in [3.05, 3.63) is 0 Å². The molecule has 0 aliphatic heterocycles. The highest BCUT2D eigenvalue weighted by molar-refractivity contribution is 5.36. The maximum absolute atomic E-state index is 5.94. The number of aromatic nitrogens is 3. The average Bonchev–Trinajstić information content (AvgIpc) is 2.36. The Balaban J connectivity index is 2.13. The molecule has 7 heteroatoms. The van der Waals surface area contributed by atoms with Crippen LogP contribution < -0.4 is 20.9 Å². The van der Waals surface area contributed by atoms with Gasteiger partial charge in [-0.1, -0.05) is 13.8 Å². The number of nitrogen functional groups attached to an aromatic ring is 1. The summed E-state index contributed by atoms with van der Waals surface area (Å²) < 4.78 is 5.94. The summed E-state index contributed by atoms with van der Waals surface area (Å²) in [6, 6.07) is 0.336. The van der Waals surface area contributed by atoms with Crippen LogP contribution in [0.3, 0.4) is 0 Å². The van der Waals surface area contributed by atoms with Crippen LogP contribution in [0.4, 0.5) is 11.9 Å². The SMILES string of the molecule is CC1CC(C)CC(Oc2nc(NN)nc(N(C)C)n2)C1. The predicted molar refractivity (Wildman–Crippen MR) is 78.6 cm³/mol. The topological polar surface area (TPSA) is 89.2 Å². The van der Waals surface area contributed by atoms with Crippen LogP contribution in [-0.4, -0.2) is 35.2 Å². The van der Waals surface area contributed by atoms with E-state index in [-0.39, 0.29) is 6.10 Å². The Bertz CT molecular complexity index is 442. The number of nitrogens with two attached hydrogens (primary N) is 1. The minimum atomic E-state index is 0.164. The van der Waals surface area contributed by atoms with Crippen LogP contribution in [0, 0.1) is 11.8 Å². The Morgan fingerprint density at radius 3 is 2.30 bits per heavy atom. The lowest BCUT2D eigenvalue weighted by Gasteiger charge is -2.31. The first kappa shape index (κ1) is 14.8. The van der Waals surface area contributed by atoms with Crippen LogP contribution in [0.1, 0.15) is 33.1 Å². The third-order valence-corrected chi connectivity index (χ3v) is 3.54. The molecule has 3 N–H and O–H groups in total. The standard InChI is InChI=1S/C13H24N6O/c1-8-5-9(2)7-10(6-8)20-13-16-11(18-14)15-12(17-13)19(3)4/h8-10H,5-7,14H2,1-4H3,(H,15,16,17,18). The van der Waals surface area contributed by atoms with E-state index in [0.717, 1.165) is 12.8 Å². The number of hydrogen-bond acceptors (Lipinski definition) is 7. The van der Waals surface area contributed by atoms with Gasteiger partial charge in [0.1, 0.15) is 6.10 Å². The third kappa shape index (κ3) is 3.69. The van der Waals surface area contributed by atoms with Crippen molar-refractivity contribution in [2.45, 2.75) is 39.2 Å². The van der Waals surface area contributed by atoms with Crippen molar-refractivity contribution in [3.8, 4) is 6.01 Å². The average molecular weight is 280 g/mol. The molecule has 0 amide bonds. The van der Waals surface area contributed by atoms with Gasteiger partial charge in [-0.3, -0.25) is 5.43 Å². The summed E-state index contributed by atoms with van der Waals surface area (Å²) in [5.41, 5.74) is 2.45. The molecule has 1 heterocycles. The maximum Gasteiger partial charge on any atom is 0.323 e. The van der Waals surface area contributed by atoms with Gasteiger partial charge in [-0.15, -0.1) is 0 Å². The highest BCUT2D eigenvalue weighted by Crippen LogP contribution is 2.30. The van der Waals surface area contributed by atoms with Gasteiger partial charge in [0, 0.05) is 14.1 Å². The molecule has 1 aromatic rings. The van der Waals surface area contributed by atoms with Gasteiger partial charge >= 0.3 is 6.01 Å². The number of ether oxygens (including phenoxy) is 1. The fourth-order valence-corrected chi connectivity index (χ4v) is 2.78. The van der Waals surface area contributed by atoms with Crippen molar-refractivity contribution in [1.29, 1.82) is 0 Å². The first-order valence-corrected chi connectivity index (χ1v) is 7.04. The fraction of sp³-hybridized carbons (Fsp3) is 0.769. The molecule has 0 aromatic carbocycles. The Morgan fingerprint density at radius 2 is 1.75 bits per heavy atom. The van der Waals surface area contributed by atoms with E-state index in [9.17, 15) is 0 Å². The second-order valence-electron chi connectivity index (χ2n) is 5.94. The van der Waals surface area contributed by atoms with E-state index >= 15 is 0 Å². The summed E-state index contributed by atoms with van der Waals surface area (Å²) in [4.78, 5) is 14.4. The van der Waals surface area contributed by atoms with Gasteiger partial charge in [0.15, 0.2) is 0 Å². The second kappa shape index (κ2) is 6.21. The van der Waals surface area contributed by atoms with Crippen molar-refractivity contribution in [1.82, 2.24) is 15.0 Å². The van der Waals surface area contributed by atoms with E-state index in [1.807, 2.05) is 14.1 Å². The molecule has 1 fully saturated rings. The lowest BCUT2D eigenvalue weighted by molar-refractivity contribution is 0.0920. The van der Waals surface area contributed by atoms with Gasteiger partial charge in [-0.05, 0) is 31.1 Å². The zero-order valence-corrected chi connectivity index (χ0v) is 12.6. The number of hydrazine groups is 1. The molecule has 0 spiro atoms. The van der Waals surface area contributed by atoms with Crippen LogP contribution in [0.25, 0.3) is 0 Å². The molecule has 1 aliphatic rings. The first-order chi connectivity index (χ1) is 9.47. The van der Waals surface area contributed by atoms with Gasteiger partial charge in [-0.2, -0.15) is 15.0 Å². The first-order valence-electron chi connectivity index (χ1n) is 7.04. The van der Waals surface area contributed by atoms with Crippen molar-refractivity contribution < 1.29 is 4.74 Å². The Kier molecular flexibility index (Phi) is 4.59. The Morgan fingerprint density at radius 1 is 1.10 bits per heavy atom. The largest absolute Gasteiger partial charge is 0.460 e. The number of hydrogen-bond donors (Lipinski definition) is 2. The molecule has 1 aromatic heterocycles. The molecule has 2 unspecified atom stereocenters. The number of anilines is 2. The number of nitrogens with one attached hydrogen (secondary N) is 1. The molecule has 0 saturated heterocycles. The summed E-state index contributed by atoms with van der Waals surface area (Å²) >= 11 is 0. The van der Waals surface area contributed by atoms with Crippen molar-refractivity contribution in [2.24, 2.45) is 17.7 Å². The zero-order chi connectivity index (χ0) is 14.7. The molecule has 112 valence electrons. The normalized spacial score (nSPS) is 26.1. The molecule has 2 atom stereocenters. The van der Waals surface area contributed by atoms with Crippen molar-refractivity contribution in [2.75, 3.05) is 24.4 Å². The van der Waals surface area contributed by atoms with Gasteiger partial charge < -0.3 is 9.64 Å².